The Hall–Kier alpha value is -3.36. The molecule has 0 spiro atoms. The van der Waals surface area contributed by atoms with Crippen LogP contribution in [0, 0.1) is 5.82 Å². The number of benzene rings is 3. The van der Waals surface area contributed by atoms with Crippen molar-refractivity contribution in [3.8, 4) is 11.5 Å². The molecule has 0 bridgehead atoms. The number of hydrogen-bond acceptors (Lipinski definition) is 4. The molecule has 1 fully saturated rings. The van der Waals surface area contributed by atoms with Crippen molar-refractivity contribution in [2.45, 2.75) is 0 Å². The molecular weight excluding hydrogens is 483 g/mol. The minimum absolute atomic E-state index is 0.0239. The number of carbonyl (C=O) groups is 2. The molecule has 0 radical (unpaired) electrons. The van der Waals surface area contributed by atoms with Crippen LogP contribution in [0.15, 0.2) is 82.8 Å². The van der Waals surface area contributed by atoms with Crippen LogP contribution in [0.3, 0.4) is 0 Å². The van der Waals surface area contributed by atoms with E-state index in [0.29, 0.717) is 22.7 Å². The van der Waals surface area contributed by atoms with Gasteiger partial charge in [0.1, 0.15) is 22.9 Å². The Morgan fingerprint density at radius 1 is 0.968 bits per heavy atom. The van der Waals surface area contributed by atoms with Crippen LogP contribution in [0.25, 0.3) is 6.08 Å². The molecule has 5 nitrogen and oxygen atoms in total. The van der Waals surface area contributed by atoms with Gasteiger partial charge in [-0.3, -0.25) is 19.8 Å². The Labute approximate surface area is 191 Å². The molecule has 1 saturated heterocycles. The molecule has 2 amide bonds. The summed E-state index contributed by atoms with van der Waals surface area (Å²) in [7, 11) is 0. The molecule has 154 valence electrons. The SMILES string of the molecule is O=C1NC(=S)N(c2ccc(Oc3ccccc3)cc2)C(=O)C1=Cc1ccc(F)c(Br)c1. The van der Waals surface area contributed by atoms with Crippen molar-refractivity contribution < 1.29 is 18.7 Å². The van der Waals surface area contributed by atoms with Gasteiger partial charge in [-0.15, -0.1) is 0 Å². The summed E-state index contributed by atoms with van der Waals surface area (Å²) in [5, 5.41) is 2.50. The maximum absolute atomic E-state index is 13.5. The molecule has 0 aliphatic carbocycles. The van der Waals surface area contributed by atoms with Crippen LogP contribution in [0.1, 0.15) is 5.56 Å². The van der Waals surface area contributed by atoms with Gasteiger partial charge in [-0.2, -0.15) is 0 Å². The number of nitrogens with zero attached hydrogens (tertiary/aromatic N) is 1. The summed E-state index contributed by atoms with van der Waals surface area (Å²) in [6, 6.07) is 20.2. The second kappa shape index (κ2) is 8.79. The highest BCUT2D eigenvalue weighted by Gasteiger charge is 2.34. The van der Waals surface area contributed by atoms with Crippen LogP contribution in [0.2, 0.25) is 0 Å². The van der Waals surface area contributed by atoms with Crippen molar-refractivity contribution in [2.24, 2.45) is 0 Å². The van der Waals surface area contributed by atoms with E-state index in [0.717, 1.165) is 0 Å². The number of amides is 2. The van der Waals surface area contributed by atoms with Crippen LogP contribution < -0.4 is 15.0 Å². The summed E-state index contributed by atoms with van der Waals surface area (Å²) in [6.45, 7) is 0. The first-order valence-electron chi connectivity index (χ1n) is 9.12. The summed E-state index contributed by atoms with van der Waals surface area (Å²) in [6.07, 6.45) is 1.39. The summed E-state index contributed by atoms with van der Waals surface area (Å²) in [5.41, 5.74) is 0.851. The Morgan fingerprint density at radius 3 is 2.32 bits per heavy atom. The molecule has 31 heavy (non-hydrogen) atoms. The smallest absolute Gasteiger partial charge is 0.270 e. The maximum atomic E-state index is 13.5. The average Bonchev–Trinajstić information content (AvgIpc) is 2.75. The minimum atomic E-state index is -0.615. The molecule has 0 saturated carbocycles. The van der Waals surface area contributed by atoms with Crippen LogP contribution >= 0.6 is 28.1 Å². The van der Waals surface area contributed by atoms with E-state index in [1.807, 2.05) is 30.3 Å². The minimum Gasteiger partial charge on any atom is -0.457 e. The summed E-state index contributed by atoms with van der Waals surface area (Å²) < 4.78 is 19.5. The van der Waals surface area contributed by atoms with Gasteiger partial charge in [0.2, 0.25) is 0 Å². The van der Waals surface area contributed by atoms with Crippen molar-refractivity contribution in [2.75, 3.05) is 4.90 Å². The second-order valence-electron chi connectivity index (χ2n) is 6.54. The van der Waals surface area contributed by atoms with E-state index in [1.54, 1.807) is 24.3 Å². The predicted octanol–water partition coefficient (Wildman–Crippen LogP) is 5.21. The number of anilines is 1. The highest BCUT2D eigenvalue weighted by molar-refractivity contribution is 9.10. The third kappa shape index (κ3) is 4.55. The van der Waals surface area contributed by atoms with Gasteiger partial charge in [0.05, 0.1) is 10.2 Å². The fourth-order valence-electron chi connectivity index (χ4n) is 2.95. The average molecular weight is 497 g/mol. The van der Waals surface area contributed by atoms with E-state index in [-0.39, 0.29) is 15.2 Å². The lowest BCUT2D eigenvalue weighted by Gasteiger charge is -2.29. The lowest BCUT2D eigenvalue weighted by atomic mass is 10.1. The van der Waals surface area contributed by atoms with Crippen molar-refractivity contribution >= 4 is 56.8 Å². The Kier molecular flexibility index (Phi) is 5.92. The standard InChI is InChI=1S/C23H14BrFN2O3S/c24-19-13-14(6-11-20(19)25)12-18-21(28)26-23(31)27(22(18)29)15-7-9-17(10-8-15)30-16-4-2-1-3-5-16/h1-13H,(H,26,28,31). The number of halogens is 2. The fourth-order valence-corrected chi connectivity index (χ4v) is 3.63. The molecular formula is C23H14BrFN2O3S. The molecule has 3 aromatic carbocycles. The van der Waals surface area contributed by atoms with E-state index in [2.05, 4.69) is 21.2 Å². The zero-order valence-corrected chi connectivity index (χ0v) is 18.2. The zero-order valence-electron chi connectivity index (χ0n) is 15.8. The highest BCUT2D eigenvalue weighted by Crippen LogP contribution is 2.27. The topological polar surface area (TPSA) is 58.6 Å². The van der Waals surface area contributed by atoms with Gasteiger partial charge in [0.25, 0.3) is 11.8 Å². The monoisotopic (exact) mass is 496 g/mol. The van der Waals surface area contributed by atoms with Crippen LogP contribution in [-0.4, -0.2) is 16.9 Å². The van der Waals surface area contributed by atoms with E-state index in [4.69, 9.17) is 17.0 Å². The van der Waals surface area contributed by atoms with Gasteiger partial charge < -0.3 is 4.74 Å². The summed E-state index contributed by atoms with van der Waals surface area (Å²) >= 11 is 8.31. The van der Waals surface area contributed by atoms with Crippen LogP contribution in [0.4, 0.5) is 10.1 Å². The van der Waals surface area contributed by atoms with Crippen molar-refractivity contribution in [3.05, 3.63) is 94.2 Å². The van der Waals surface area contributed by atoms with E-state index in [9.17, 15) is 14.0 Å². The van der Waals surface area contributed by atoms with Gasteiger partial charge >= 0.3 is 0 Å². The third-order valence-corrected chi connectivity index (χ3v) is 5.32. The van der Waals surface area contributed by atoms with E-state index < -0.39 is 17.6 Å². The highest BCUT2D eigenvalue weighted by atomic mass is 79.9. The quantitative estimate of drug-likeness (QED) is 0.306. The molecule has 0 unspecified atom stereocenters. The van der Waals surface area contributed by atoms with Crippen LogP contribution in [-0.2, 0) is 9.59 Å². The second-order valence-corrected chi connectivity index (χ2v) is 7.78. The first-order valence-corrected chi connectivity index (χ1v) is 10.3. The van der Waals surface area contributed by atoms with E-state index in [1.165, 1.54) is 29.2 Å². The molecule has 8 heteroatoms. The number of para-hydroxylation sites is 1. The van der Waals surface area contributed by atoms with Gasteiger partial charge in [0.15, 0.2) is 5.11 Å². The largest absolute Gasteiger partial charge is 0.457 e. The van der Waals surface area contributed by atoms with Crippen LogP contribution in [0.5, 0.6) is 11.5 Å². The Bertz CT molecular complexity index is 1210. The normalized spacial score (nSPS) is 15.2. The van der Waals surface area contributed by atoms with Gasteiger partial charge in [0, 0.05) is 0 Å². The molecule has 1 heterocycles. The molecule has 1 N–H and O–H groups in total. The predicted molar refractivity (Wildman–Crippen MR) is 123 cm³/mol. The third-order valence-electron chi connectivity index (χ3n) is 4.43. The molecule has 1 aliphatic heterocycles. The fraction of sp³-hybridized carbons (Fsp3) is 0. The number of nitrogens with one attached hydrogen (secondary N) is 1. The number of carbonyl (C=O) groups excluding carboxylic acids is 2. The molecule has 1 aliphatic rings. The van der Waals surface area contributed by atoms with Crippen molar-refractivity contribution in [1.82, 2.24) is 5.32 Å². The summed E-state index contributed by atoms with van der Waals surface area (Å²) in [5.74, 6) is -0.368. The lowest BCUT2D eigenvalue weighted by Crippen LogP contribution is -2.54. The first-order chi connectivity index (χ1) is 14.9. The molecule has 0 aromatic heterocycles. The molecule has 0 atom stereocenters. The number of ether oxygens (including phenoxy) is 1. The Morgan fingerprint density at radius 2 is 1.65 bits per heavy atom. The van der Waals surface area contributed by atoms with Gasteiger partial charge in [-0.1, -0.05) is 24.3 Å². The number of rotatable bonds is 4. The number of thiocarbonyl (C=S) groups is 1. The zero-order chi connectivity index (χ0) is 22.0. The Balaban J connectivity index is 1.61. The van der Waals surface area contributed by atoms with Gasteiger partial charge in [-0.05, 0) is 88.3 Å². The van der Waals surface area contributed by atoms with Crippen molar-refractivity contribution in [3.63, 3.8) is 0 Å². The van der Waals surface area contributed by atoms with E-state index >= 15 is 0 Å². The lowest BCUT2D eigenvalue weighted by molar-refractivity contribution is -0.122. The number of hydrogen-bond donors (Lipinski definition) is 1. The maximum Gasteiger partial charge on any atom is 0.270 e. The first kappa shape index (κ1) is 20.9. The van der Waals surface area contributed by atoms with Crippen molar-refractivity contribution in [1.29, 1.82) is 0 Å². The summed E-state index contributed by atoms with van der Waals surface area (Å²) in [4.78, 5) is 26.7. The molecule has 3 aromatic rings. The molecule has 4 rings (SSSR count). The van der Waals surface area contributed by atoms with Gasteiger partial charge in [-0.25, -0.2) is 4.39 Å².